The normalized spacial score (nSPS) is 11.1. The molecule has 28 heavy (non-hydrogen) atoms. The molecule has 0 unspecified atom stereocenters. The zero-order valence-corrected chi connectivity index (χ0v) is 15.4. The van der Waals surface area contributed by atoms with Crippen molar-refractivity contribution in [2.75, 3.05) is 0 Å². The molecule has 0 N–H and O–H groups in total. The Morgan fingerprint density at radius 2 is 2.00 bits per heavy atom. The third kappa shape index (κ3) is 3.07. The second-order valence-electron chi connectivity index (χ2n) is 6.14. The lowest BCUT2D eigenvalue weighted by atomic mass is 10.2. The molecule has 0 saturated heterocycles. The number of aryl methyl sites for hydroxylation is 1. The Kier molecular flexibility index (Phi) is 4.48. The summed E-state index contributed by atoms with van der Waals surface area (Å²) in [6.07, 6.45) is 4.60. The topological polar surface area (TPSA) is 82.7 Å². The lowest BCUT2D eigenvalue weighted by molar-refractivity contribution is 0.623. The molecule has 0 fully saturated rings. The number of aromatic nitrogens is 5. The number of pyridine rings is 1. The molecule has 0 spiro atoms. The van der Waals surface area contributed by atoms with Gasteiger partial charge in [0, 0.05) is 36.2 Å². The summed E-state index contributed by atoms with van der Waals surface area (Å²) < 4.78 is 15.6. The Morgan fingerprint density at radius 1 is 1.18 bits per heavy atom. The van der Waals surface area contributed by atoms with Crippen molar-refractivity contribution in [2.24, 2.45) is 7.05 Å². The molecule has 4 aromatic rings. The van der Waals surface area contributed by atoms with Crippen LogP contribution in [0.25, 0.3) is 22.4 Å². The minimum Gasteiger partial charge on any atom is -0.280 e. The lowest BCUT2D eigenvalue weighted by Crippen LogP contribution is -2.39. The molecule has 0 aliphatic heterocycles. The van der Waals surface area contributed by atoms with Crippen molar-refractivity contribution >= 4 is 22.6 Å². The molecule has 0 radical (unpaired) electrons. The molecule has 140 valence electrons. The average molecular weight is 398 g/mol. The zero-order valence-electron chi connectivity index (χ0n) is 14.6. The molecule has 0 amide bonds. The summed E-state index contributed by atoms with van der Waals surface area (Å²) in [6, 6.07) is 7.32. The summed E-state index contributed by atoms with van der Waals surface area (Å²) in [7, 11) is 1.52. The number of hydrogen-bond acceptors (Lipinski definition) is 5. The van der Waals surface area contributed by atoms with E-state index in [1.807, 2.05) is 0 Å². The number of fused-ring (bicyclic) bond motifs is 1. The summed E-state index contributed by atoms with van der Waals surface area (Å²) in [6.45, 7) is -0.0923. The van der Waals surface area contributed by atoms with Gasteiger partial charge in [0.1, 0.15) is 11.2 Å². The molecule has 1 aromatic carbocycles. The van der Waals surface area contributed by atoms with Gasteiger partial charge in [-0.1, -0.05) is 17.7 Å². The highest BCUT2D eigenvalue weighted by Crippen LogP contribution is 2.18. The zero-order chi connectivity index (χ0) is 19.8. The molecule has 3 heterocycles. The molecule has 0 aliphatic carbocycles. The maximum atomic E-state index is 13.3. The van der Waals surface area contributed by atoms with Crippen LogP contribution in [0.2, 0.25) is 5.02 Å². The maximum absolute atomic E-state index is 13.3. The second-order valence-corrected chi connectivity index (χ2v) is 6.55. The predicted octanol–water partition coefficient (Wildman–Crippen LogP) is 2.39. The summed E-state index contributed by atoms with van der Waals surface area (Å²) in [5.41, 5.74) is 0.226. The fraction of sp³-hybridized carbons (Fsp3) is 0.105. The molecule has 7 nitrogen and oxygen atoms in total. The summed E-state index contributed by atoms with van der Waals surface area (Å²) in [5, 5.41) is 0.324. The molecule has 3 aromatic heterocycles. The highest BCUT2D eigenvalue weighted by molar-refractivity contribution is 6.31. The Bertz CT molecular complexity index is 1320. The number of nitrogens with zero attached hydrogens (tertiary/aromatic N) is 5. The van der Waals surface area contributed by atoms with E-state index in [1.165, 1.54) is 29.9 Å². The maximum Gasteiger partial charge on any atom is 0.332 e. The van der Waals surface area contributed by atoms with Crippen LogP contribution in [-0.2, 0) is 13.6 Å². The van der Waals surface area contributed by atoms with Crippen LogP contribution in [0, 0.1) is 5.82 Å². The van der Waals surface area contributed by atoms with Gasteiger partial charge in [0.2, 0.25) is 0 Å². The van der Waals surface area contributed by atoms with Gasteiger partial charge in [0.05, 0.1) is 6.54 Å². The van der Waals surface area contributed by atoms with Gasteiger partial charge in [0.25, 0.3) is 5.56 Å². The monoisotopic (exact) mass is 397 g/mol. The molecule has 9 heteroatoms. The Hall–Kier alpha value is -3.39. The molecule has 0 saturated carbocycles. The first-order valence-electron chi connectivity index (χ1n) is 8.26. The predicted molar refractivity (Wildman–Crippen MR) is 103 cm³/mol. The van der Waals surface area contributed by atoms with Gasteiger partial charge in [-0.25, -0.2) is 19.2 Å². The molecular formula is C19H13ClFN5O2. The van der Waals surface area contributed by atoms with Gasteiger partial charge >= 0.3 is 5.69 Å². The number of benzene rings is 1. The summed E-state index contributed by atoms with van der Waals surface area (Å²) in [5.74, 6) is -0.141. The van der Waals surface area contributed by atoms with Crippen molar-refractivity contribution in [2.45, 2.75) is 6.54 Å². The van der Waals surface area contributed by atoms with Crippen LogP contribution in [0.15, 0.2) is 58.5 Å². The minimum absolute atomic E-state index is 0.0923. The van der Waals surface area contributed by atoms with Crippen molar-refractivity contribution < 1.29 is 4.39 Å². The van der Waals surface area contributed by atoms with Gasteiger partial charge in [-0.2, -0.15) is 0 Å². The van der Waals surface area contributed by atoms with Crippen LogP contribution >= 0.6 is 11.6 Å². The molecule has 0 bridgehead atoms. The van der Waals surface area contributed by atoms with Crippen molar-refractivity contribution in [3.63, 3.8) is 0 Å². The SMILES string of the molecule is Cn1c(=O)n(Cc2ccc(F)cc2Cl)c(=O)c2cnc(-c3cccnc3)nc21. The quantitative estimate of drug-likeness (QED) is 0.530. The van der Waals surface area contributed by atoms with E-state index in [1.54, 1.807) is 24.5 Å². The lowest BCUT2D eigenvalue weighted by Gasteiger charge is -2.11. The Labute approximate surface area is 162 Å². The molecular weight excluding hydrogens is 385 g/mol. The van der Waals surface area contributed by atoms with E-state index in [-0.39, 0.29) is 22.6 Å². The molecule has 0 aliphatic rings. The largest absolute Gasteiger partial charge is 0.332 e. The van der Waals surface area contributed by atoms with Gasteiger partial charge in [-0.05, 0) is 29.8 Å². The van der Waals surface area contributed by atoms with E-state index in [0.717, 1.165) is 10.6 Å². The van der Waals surface area contributed by atoms with Gasteiger partial charge in [-0.15, -0.1) is 0 Å². The van der Waals surface area contributed by atoms with Crippen LogP contribution in [0.5, 0.6) is 0 Å². The van der Waals surface area contributed by atoms with Crippen molar-refractivity contribution in [1.29, 1.82) is 0 Å². The van der Waals surface area contributed by atoms with Crippen LogP contribution in [0.4, 0.5) is 4.39 Å². The second kappa shape index (κ2) is 6.97. The Balaban J connectivity index is 1.88. The van der Waals surface area contributed by atoms with Crippen LogP contribution in [-0.4, -0.2) is 24.1 Å². The van der Waals surface area contributed by atoms with Gasteiger partial charge in [-0.3, -0.25) is 18.9 Å². The van der Waals surface area contributed by atoms with Crippen LogP contribution in [0.1, 0.15) is 5.56 Å². The van der Waals surface area contributed by atoms with E-state index in [4.69, 9.17) is 11.6 Å². The first-order chi connectivity index (χ1) is 13.5. The fourth-order valence-electron chi connectivity index (χ4n) is 2.88. The summed E-state index contributed by atoms with van der Waals surface area (Å²) in [4.78, 5) is 38.3. The van der Waals surface area contributed by atoms with Crippen LogP contribution < -0.4 is 11.2 Å². The Morgan fingerprint density at radius 3 is 2.71 bits per heavy atom. The third-order valence-corrected chi connectivity index (χ3v) is 4.69. The number of rotatable bonds is 3. The highest BCUT2D eigenvalue weighted by Gasteiger charge is 2.15. The van der Waals surface area contributed by atoms with Crippen LogP contribution in [0.3, 0.4) is 0 Å². The van der Waals surface area contributed by atoms with Crippen molar-refractivity contribution in [1.82, 2.24) is 24.1 Å². The van der Waals surface area contributed by atoms with E-state index in [0.29, 0.717) is 17.0 Å². The number of hydrogen-bond donors (Lipinski definition) is 0. The van der Waals surface area contributed by atoms with Gasteiger partial charge < -0.3 is 0 Å². The first kappa shape index (κ1) is 18.0. The van der Waals surface area contributed by atoms with Crippen molar-refractivity contribution in [3.05, 3.63) is 86.2 Å². The van der Waals surface area contributed by atoms with Crippen molar-refractivity contribution in [3.8, 4) is 11.4 Å². The van der Waals surface area contributed by atoms with E-state index < -0.39 is 17.1 Å². The van der Waals surface area contributed by atoms with E-state index >= 15 is 0 Å². The molecule has 0 atom stereocenters. The van der Waals surface area contributed by atoms with E-state index in [9.17, 15) is 14.0 Å². The highest BCUT2D eigenvalue weighted by atomic mass is 35.5. The first-order valence-corrected chi connectivity index (χ1v) is 8.64. The minimum atomic E-state index is -0.561. The summed E-state index contributed by atoms with van der Waals surface area (Å²) >= 11 is 6.04. The number of halogens is 2. The van der Waals surface area contributed by atoms with Gasteiger partial charge in [0.15, 0.2) is 11.5 Å². The fourth-order valence-corrected chi connectivity index (χ4v) is 3.10. The average Bonchev–Trinajstić information content (AvgIpc) is 2.71. The molecule has 4 rings (SSSR count). The smallest absolute Gasteiger partial charge is 0.280 e. The standard InChI is InChI=1S/C19H13ClFN5O2/c1-25-17-14(9-23-16(24-17)11-3-2-6-22-8-11)18(27)26(19(25)28)10-12-4-5-13(21)7-15(12)20/h2-9H,10H2,1H3. The third-order valence-electron chi connectivity index (χ3n) is 4.34. The van der Waals surface area contributed by atoms with E-state index in [2.05, 4.69) is 15.0 Å².